The Morgan fingerprint density at radius 2 is 2.35 bits per heavy atom. The number of primary amides is 1. The third kappa shape index (κ3) is 2.28. The molecule has 1 aromatic heterocycles. The third-order valence-corrected chi connectivity index (χ3v) is 2.76. The average Bonchev–Trinajstić information content (AvgIpc) is 2.75. The van der Waals surface area contributed by atoms with Crippen LogP contribution >= 0.6 is 0 Å². The summed E-state index contributed by atoms with van der Waals surface area (Å²) in [5.41, 5.74) is 5.61. The zero-order valence-electron chi connectivity index (χ0n) is 9.59. The number of rotatable bonds is 2. The molecule has 0 saturated carbocycles. The Kier molecular flexibility index (Phi) is 3.10. The van der Waals surface area contributed by atoms with Crippen molar-refractivity contribution in [2.75, 3.05) is 19.6 Å². The van der Waals surface area contributed by atoms with Crippen LogP contribution in [0.4, 0.5) is 0 Å². The third-order valence-electron chi connectivity index (χ3n) is 2.76. The van der Waals surface area contributed by atoms with Crippen molar-refractivity contribution in [2.45, 2.75) is 6.04 Å². The molecule has 1 aliphatic heterocycles. The summed E-state index contributed by atoms with van der Waals surface area (Å²) in [5.74, 6) is -0.752. The van der Waals surface area contributed by atoms with E-state index in [1.807, 2.05) is 0 Å². The van der Waals surface area contributed by atoms with Crippen LogP contribution in [0.1, 0.15) is 10.5 Å². The number of nitrogens with two attached hydrogens (primary N) is 1. The molecule has 17 heavy (non-hydrogen) atoms. The van der Waals surface area contributed by atoms with Crippen molar-refractivity contribution in [2.24, 2.45) is 12.8 Å². The maximum Gasteiger partial charge on any atom is 0.274 e. The Labute approximate surface area is 98.6 Å². The van der Waals surface area contributed by atoms with Gasteiger partial charge in [-0.25, -0.2) is 4.98 Å². The molecule has 0 bridgehead atoms. The number of aryl methyl sites for hydroxylation is 1. The highest BCUT2D eigenvalue weighted by atomic mass is 16.2. The lowest BCUT2D eigenvalue weighted by Crippen LogP contribution is -2.58. The highest BCUT2D eigenvalue weighted by molar-refractivity contribution is 5.96. The molecule has 1 aliphatic rings. The number of nitrogens with zero attached hydrogens (tertiary/aromatic N) is 3. The number of hydrogen-bond acceptors (Lipinski definition) is 4. The Morgan fingerprint density at radius 3 is 2.94 bits per heavy atom. The van der Waals surface area contributed by atoms with Crippen LogP contribution in [0.25, 0.3) is 0 Å². The SMILES string of the molecule is Cn1cnc(C(=O)N2CCNCC2C(N)=O)c1. The summed E-state index contributed by atoms with van der Waals surface area (Å²) in [6.07, 6.45) is 3.18. The van der Waals surface area contributed by atoms with E-state index < -0.39 is 11.9 Å². The molecule has 0 aromatic carbocycles. The van der Waals surface area contributed by atoms with Gasteiger partial charge in [-0.3, -0.25) is 9.59 Å². The molecule has 1 aromatic rings. The second-order valence-electron chi connectivity index (χ2n) is 4.05. The largest absolute Gasteiger partial charge is 0.368 e. The topological polar surface area (TPSA) is 93.2 Å². The van der Waals surface area contributed by atoms with Gasteiger partial charge < -0.3 is 20.5 Å². The summed E-state index contributed by atoms with van der Waals surface area (Å²) >= 11 is 0. The minimum Gasteiger partial charge on any atom is -0.368 e. The first-order valence-electron chi connectivity index (χ1n) is 5.38. The normalized spacial score (nSPS) is 20.3. The van der Waals surface area contributed by atoms with Crippen molar-refractivity contribution < 1.29 is 9.59 Å². The predicted molar refractivity (Wildman–Crippen MR) is 60.1 cm³/mol. The van der Waals surface area contributed by atoms with Crippen LogP contribution in [0.15, 0.2) is 12.5 Å². The summed E-state index contributed by atoms with van der Waals surface area (Å²) in [4.78, 5) is 28.9. The first-order chi connectivity index (χ1) is 8.09. The van der Waals surface area contributed by atoms with Gasteiger partial charge in [0.05, 0.1) is 6.33 Å². The fraction of sp³-hybridized carbons (Fsp3) is 0.500. The molecule has 7 heteroatoms. The minimum atomic E-state index is -0.599. The van der Waals surface area contributed by atoms with Crippen LogP contribution in [-0.4, -0.2) is 51.9 Å². The van der Waals surface area contributed by atoms with Crippen LogP contribution in [0.3, 0.4) is 0 Å². The zero-order chi connectivity index (χ0) is 12.4. The van der Waals surface area contributed by atoms with E-state index in [0.29, 0.717) is 25.3 Å². The number of nitrogens with one attached hydrogen (secondary N) is 1. The molecule has 0 spiro atoms. The van der Waals surface area contributed by atoms with Crippen LogP contribution < -0.4 is 11.1 Å². The van der Waals surface area contributed by atoms with Crippen LogP contribution in [-0.2, 0) is 11.8 Å². The molecule has 1 atom stereocenters. The molecule has 1 fully saturated rings. The standard InChI is InChI=1S/C10H15N5O2/c1-14-5-7(13-6-14)10(17)15-3-2-12-4-8(15)9(11)16/h5-6,8,12H,2-4H2,1H3,(H2,11,16). The first-order valence-corrected chi connectivity index (χ1v) is 5.38. The molecule has 3 N–H and O–H groups in total. The van der Waals surface area contributed by atoms with E-state index in [4.69, 9.17) is 5.73 Å². The lowest BCUT2D eigenvalue weighted by Gasteiger charge is -2.33. The number of amides is 2. The van der Waals surface area contributed by atoms with Gasteiger partial charge in [0.2, 0.25) is 5.91 Å². The predicted octanol–water partition coefficient (Wildman–Crippen LogP) is -1.68. The fourth-order valence-corrected chi connectivity index (χ4v) is 1.87. The van der Waals surface area contributed by atoms with Gasteiger partial charge in [0, 0.05) is 32.9 Å². The van der Waals surface area contributed by atoms with Gasteiger partial charge in [-0.1, -0.05) is 0 Å². The van der Waals surface area contributed by atoms with Gasteiger partial charge in [-0.15, -0.1) is 0 Å². The van der Waals surface area contributed by atoms with Gasteiger partial charge >= 0.3 is 0 Å². The second-order valence-corrected chi connectivity index (χ2v) is 4.05. The van der Waals surface area contributed by atoms with E-state index in [1.165, 1.54) is 4.90 Å². The van der Waals surface area contributed by atoms with Crippen molar-refractivity contribution in [1.82, 2.24) is 19.8 Å². The van der Waals surface area contributed by atoms with E-state index in [2.05, 4.69) is 10.3 Å². The summed E-state index contributed by atoms with van der Waals surface area (Å²) in [7, 11) is 1.78. The molecule has 92 valence electrons. The molecule has 0 aliphatic carbocycles. The number of imidazole rings is 1. The highest BCUT2D eigenvalue weighted by Gasteiger charge is 2.31. The second kappa shape index (κ2) is 4.54. The summed E-state index contributed by atoms with van der Waals surface area (Å²) in [5, 5.41) is 3.04. The van der Waals surface area contributed by atoms with Gasteiger partial charge in [-0.2, -0.15) is 0 Å². The van der Waals surface area contributed by atoms with Crippen LogP contribution in [0.2, 0.25) is 0 Å². The monoisotopic (exact) mass is 237 g/mol. The summed E-state index contributed by atoms with van der Waals surface area (Å²) in [6.45, 7) is 1.51. The van der Waals surface area contributed by atoms with Crippen molar-refractivity contribution in [3.63, 3.8) is 0 Å². The molecule has 1 unspecified atom stereocenters. The summed E-state index contributed by atoms with van der Waals surface area (Å²) in [6, 6.07) is -0.599. The van der Waals surface area contributed by atoms with Crippen LogP contribution in [0.5, 0.6) is 0 Å². The number of carbonyl (C=O) groups is 2. The lowest BCUT2D eigenvalue weighted by atomic mass is 10.1. The van der Waals surface area contributed by atoms with Crippen molar-refractivity contribution >= 4 is 11.8 Å². The quantitative estimate of drug-likeness (QED) is 0.642. The fourth-order valence-electron chi connectivity index (χ4n) is 1.87. The van der Waals surface area contributed by atoms with E-state index in [9.17, 15) is 9.59 Å². The first kappa shape index (κ1) is 11.6. The van der Waals surface area contributed by atoms with Gasteiger partial charge in [0.1, 0.15) is 11.7 Å². The molecule has 7 nitrogen and oxygen atoms in total. The van der Waals surface area contributed by atoms with Crippen LogP contribution in [0, 0.1) is 0 Å². The Morgan fingerprint density at radius 1 is 1.59 bits per heavy atom. The molecule has 2 amide bonds. The van der Waals surface area contributed by atoms with E-state index in [0.717, 1.165) is 0 Å². The Hall–Kier alpha value is -1.89. The maximum absolute atomic E-state index is 12.1. The molecular formula is C10H15N5O2. The van der Waals surface area contributed by atoms with E-state index in [1.54, 1.807) is 24.1 Å². The number of carbonyl (C=O) groups excluding carboxylic acids is 2. The molecule has 1 saturated heterocycles. The van der Waals surface area contributed by atoms with Crippen molar-refractivity contribution in [3.8, 4) is 0 Å². The summed E-state index contributed by atoms with van der Waals surface area (Å²) < 4.78 is 1.69. The lowest BCUT2D eigenvalue weighted by molar-refractivity contribution is -0.122. The minimum absolute atomic E-state index is 0.254. The zero-order valence-corrected chi connectivity index (χ0v) is 9.59. The molecule has 0 radical (unpaired) electrons. The maximum atomic E-state index is 12.1. The molecule has 2 heterocycles. The Bertz CT molecular complexity index is 442. The number of piperazine rings is 1. The van der Waals surface area contributed by atoms with Gasteiger partial charge in [0.25, 0.3) is 5.91 Å². The van der Waals surface area contributed by atoms with Gasteiger partial charge in [-0.05, 0) is 0 Å². The molecular weight excluding hydrogens is 222 g/mol. The number of hydrogen-bond donors (Lipinski definition) is 2. The van der Waals surface area contributed by atoms with Gasteiger partial charge in [0.15, 0.2) is 0 Å². The molecule has 2 rings (SSSR count). The van der Waals surface area contributed by atoms with E-state index >= 15 is 0 Å². The highest BCUT2D eigenvalue weighted by Crippen LogP contribution is 2.08. The average molecular weight is 237 g/mol. The smallest absolute Gasteiger partial charge is 0.274 e. The van der Waals surface area contributed by atoms with Crippen molar-refractivity contribution in [1.29, 1.82) is 0 Å². The van der Waals surface area contributed by atoms with E-state index in [-0.39, 0.29) is 5.91 Å². The Balaban J connectivity index is 2.19. The van der Waals surface area contributed by atoms with Crippen molar-refractivity contribution in [3.05, 3.63) is 18.2 Å². The number of aromatic nitrogens is 2.